The van der Waals surface area contributed by atoms with Crippen molar-refractivity contribution in [3.63, 3.8) is 0 Å². The molecule has 86 valence electrons. The molecular weight excluding hydrogens is 190 g/mol. The summed E-state index contributed by atoms with van der Waals surface area (Å²) >= 11 is 0. The van der Waals surface area contributed by atoms with E-state index in [1.165, 1.54) is 0 Å². The molecule has 0 aromatic carbocycles. The highest BCUT2D eigenvalue weighted by Crippen LogP contribution is 2.04. The Labute approximate surface area is 91.7 Å². The van der Waals surface area contributed by atoms with Crippen LogP contribution in [-0.2, 0) is 11.3 Å². The summed E-state index contributed by atoms with van der Waals surface area (Å²) in [4.78, 5) is 4.26. The predicted molar refractivity (Wildman–Crippen MR) is 62.1 cm³/mol. The Bertz CT molecular complexity index is 260. The third-order valence-electron chi connectivity index (χ3n) is 2.13. The van der Waals surface area contributed by atoms with Gasteiger partial charge in [-0.2, -0.15) is 0 Å². The molecule has 0 spiro atoms. The van der Waals surface area contributed by atoms with E-state index >= 15 is 0 Å². The first-order valence-electron chi connectivity index (χ1n) is 5.71. The lowest BCUT2D eigenvalue weighted by molar-refractivity contribution is 0.147. The zero-order valence-electron chi connectivity index (χ0n) is 9.70. The van der Waals surface area contributed by atoms with Crippen LogP contribution in [-0.4, -0.2) is 29.3 Å². The Morgan fingerprint density at radius 1 is 1.47 bits per heavy atom. The number of anilines is 1. The number of aryl methyl sites for hydroxylation is 1. The molecule has 0 aliphatic heterocycles. The summed E-state index contributed by atoms with van der Waals surface area (Å²) in [6.45, 7) is 7.73. The maximum Gasteiger partial charge on any atom is 0.202 e. The van der Waals surface area contributed by atoms with Crippen molar-refractivity contribution in [1.82, 2.24) is 9.55 Å². The van der Waals surface area contributed by atoms with E-state index in [-0.39, 0.29) is 0 Å². The lowest BCUT2D eigenvalue weighted by Crippen LogP contribution is -2.10. The van der Waals surface area contributed by atoms with Crippen LogP contribution in [0.2, 0.25) is 0 Å². The molecule has 1 aromatic heterocycles. The van der Waals surface area contributed by atoms with Gasteiger partial charge >= 0.3 is 0 Å². The summed E-state index contributed by atoms with van der Waals surface area (Å²) in [5.74, 6) is 0.966. The third-order valence-corrected chi connectivity index (χ3v) is 2.13. The summed E-state index contributed by atoms with van der Waals surface area (Å²) in [6, 6.07) is 0. The molecule has 1 heterocycles. The molecule has 0 aliphatic rings. The van der Waals surface area contributed by atoms with Crippen LogP contribution < -0.4 is 5.32 Å². The molecular formula is C11H21N3O. The Morgan fingerprint density at radius 3 is 3.07 bits per heavy atom. The summed E-state index contributed by atoms with van der Waals surface area (Å²) in [6.07, 6.45) is 5.99. The summed E-state index contributed by atoms with van der Waals surface area (Å²) in [5.41, 5.74) is 0. The van der Waals surface area contributed by atoms with E-state index < -0.39 is 0 Å². The van der Waals surface area contributed by atoms with Gasteiger partial charge in [0.15, 0.2) is 0 Å². The molecule has 0 fully saturated rings. The zero-order chi connectivity index (χ0) is 10.9. The van der Waals surface area contributed by atoms with Gasteiger partial charge in [-0.25, -0.2) is 4.98 Å². The molecule has 4 nitrogen and oxygen atoms in total. The third kappa shape index (κ3) is 4.34. The number of nitrogens with zero attached hydrogens (tertiary/aromatic N) is 2. The number of hydrogen-bond donors (Lipinski definition) is 1. The van der Waals surface area contributed by atoms with E-state index in [4.69, 9.17) is 4.74 Å². The monoisotopic (exact) mass is 211 g/mol. The Morgan fingerprint density at radius 2 is 2.33 bits per heavy atom. The number of aromatic nitrogens is 2. The molecule has 0 amide bonds. The van der Waals surface area contributed by atoms with E-state index in [0.717, 1.165) is 45.1 Å². The van der Waals surface area contributed by atoms with E-state index in [0.29, 0.717) is 0 Å². The fraction of sp³-hybridized carbons (Fsp3) is 0.727. The predicted octanol–water partition coefficient (Wildman–Crippen LogP) is 2.13. The SMILES string of the molecule is CCCn1ccnc1NCCCOCC. The van der Waals surface area contributed by atoms with Gasteiger partial charge in [-0.15, -0.1) is 0 Å². The normalized spacial score (nSPS) is 10.5. The number of imidazole rings is 1. The maximum atomic E-state index is 5.26. The van der Waals surface area contributed by atoms with Crippen molar-refractivity contribution < 1.29 is 4.74 Å². The van der Waals surface area contributed by atoms with Gasteiger partial charge in [-0.1, -0.05) is 6.92 Å². The molecule has 0 atom stereocenters. The quantitative estimate of drug-likeness (QED) is 0.669. The molecule has 0 radical (unpaired) electrons. The van der Waals surface area contributed by atoms with Crippen LogP contribution >= 0.6 is 0 Å². The van der Waals surface area contributed by atoms with E-state index in [1.807, 2.05) is 19.3 Å². The number of rotatable bonds is 8. The van der Waals surface area contributed by atoms with Crippen molar-refractivity contribution in [2.45, 2.75) is 33.2 Å². The van der Waals surface area contributed by atoms with E-state index in [9.17, 15) is 0 Å². The van der Waals surface area contributed by atoms with Crippen molar-refractivity contribution in [3.05, 3.63) is 12.4 Å². The minimum atomic E-state index is 0.796. The fourth-order valence-electron chi connectivity index (χ4n) is 1.42. The van der Waals surface area contributed by atoms with Gasteiger partial charge in [0.2, 0.25) is 5.95 Å². The van der Waals surface area contributed by atoms with Crippen LogP contribution in [0.1, 0.15) is 26.7 Å². The standard InChI is InChI=1S/C11H21N3O/c1-3-8-14-9-7-13-11(14)12-6-5-10-15-4-2/h7,9H,3-6,8,10H2,1-2H3,(H,12,13). The molecule has 0 bridgehead atoms. The molecule has 1 rings (SSSR count). The van der Waals surface area contributed by atoms with Crippen LogP contribution in [0.4, 0.5) is 5.95 Å². The van der Waals surface area contributed by atoms with Crippen molar-refractivity contribution in [2.75, 3.05) is 25.1 Å². The molecule has 1 aromatic rings. The van der Waals surface area contributed by atoms with Crippen LogP contribution in [0.25, 0.3) is 0 Å². The van der Waals surface area contributed by atoms with Crippen molar-refractivity contribution in [1.29, 1.82) is 0 Å². The van der Waals surface area contributed by atoms with E-state index in [2.05, 4.69) is 21.8 Å². The number of ether oxygens (including phenoxy) is 1. The first-order chi connectivity index (χ1) is 7.38. The van der Waals surface area contributed by atoms with Gasteiger partial charge in [0.05, 0.1) is 0 Å². The highest BCUT2D eigenvalue weighted by Gasteiger charge is 1.99. The average Bonchev–Trinajstić information content (AvgIpc) is 2.66. The van der Waals surface area contributed by atoms with Crippen LogP contribution in [0, 0.1) is 0 Å². The summed E-state index contributed by atoms with van der Waals surface area (Å²) in [7, 11) is 0. The highest BCUT2D eigenvalue weighted by atomic mass is 16.5. The van der Waals surface area contributed by atoms with Crippen LogP contribution in [0.3, 0.4) is 0 Å². The van der Waals surface area contributed by atoms with Gasteiger partial charge in [0.25, 0.3) is 0 Å². The van der Waals surface area contributed by atoms with Gasteiger partial charge in [-0.3, -0.25) is 0 Å². The Hall–Kier alpha value is -1.03. The molecule has 0 saturated carbocycles. The van der Waals surface area contributed by atoms with Gasteiger partial charge < -0.3 is 14.6 Å². The smallest absolute Gasteiger partial charge is 0.202 e. The minimum Gasteiger partial charge on any atom is -0.382 e. The van der Waals surface area contributed by atoms with Crippen molar-refractivity contribution in [3.8, 4) is 0 Å². The Balaban J connectivity index is 2.21. The van der Waals surface area contributed by atoms with E-state index in [1.54, 1.807) is 0 Å². The first kappa shape index (κ1) is 12.0. The second kappa shape index (κ2) is 7.29. The van der Waals surface area contributed by atoms with Gasteiger partial charge in [-0.05, 0) is 19.8 Å². The lowest BCUT2D eigenvalue weighted by atomic mass is 10.4. The minimum absolute atomic E-state index is 0.796. The molecule has 0 unspecified atom stereocenters. The Kier molecular flexibility index (Phi) is 5.85. The molecule has 0 saturated heterocycles. The summed E-state index contributed by atoms with van der Waals surface area (Å²) in [5, 5.41) is 3.31. The van der Waals surface area contributed by atoms with Gasteiger partial charge in [0, 0.05) is 38.7 Å². The van der Waals surface area contributed by atoms with Crippen molar-refractivity contribution in [2.24, 2.45) is 0 Å². The van der Waals surface area contributed by atoms with Crippen LogP contribution in [0.5, 0.6) is 0 Å². The zero-order valence-corrected chi connectivity index (χ0v) is 9.70. The van der Waals surface area contributed by atoms with Crippen LogP contribution in [0.15, 0.2) is 12.4 Å². The summed E-state index contributed by atoms with van der Waals surface area (Å²) < 4.78 is 7.40. The molecule has 0 aliphatic carbocycles. The maximum absolute atomic E-state index is 5.26. The second-order valence-corrected chi connectivity index (χ2v) is 3.42. The molecule has 15 heavy (non-hydrogen) atoms. The average molecular weight is 211 g/mol. The largest absolute Gasteiger partial charge is 0.382 e. The molecule has 1 N–H and O–H groups in total. The first-order valence-corrected chi connectivity index (χ1v) is 5.71. The molecule has 4 heteroatoms. The topological polar surface area (TPSA) is 39.1 Å². The highest BCUT2D eigenvalue weighted by molar-refractivity contribution is 5.25. The fourth-order valence-corrected chi connectivity index (χ4v) is 1.42. The number of hydrogen-bond acceptors (Lipinski definition) is 3. The lowest BCUT2D eigenvalue weighted by Gasteiger charge is -2.08. The second-order valence-electron chi connectivity index (χ2n) is 3.42. The number of nitrogens with one attached hydrogen (secondary N) is 1. The van der Waals surface area contributed by atoms with Crippen molar-refractivity contribution >= 4 is 5.95 Å². The van der Waals surface area contributed by atoms with Gasteiger partial charge in [0.1, 0.15) is 0 Å².